The molecule has 0 bridgehead atoms. The van der Waals surface area contributed by atoms with Crippen LogP contribution in [-0.4, -0.2) is 23.9 Å². The summed E-state index contributed by atoms with van der Waals surface area (Å²) in [6.07, 6.45) is 12.8. The molecule has 24 heavy (non-hydrogen) atoms. The molecule has 1 fully saturated rings. The Kier molecular flexibility index (Phi) is 8.37. The van der Waals surface area contributed by atoms with Crippen LogP contribution < -0.4 is 5.32 Å². The molecular weight excluding hydrogens is 316 g/mol. The molecule has 1 aromatic rings. The van der Waals surface area contributed by atoms with Crippen LogP contribution in [0.3, 0.4) is 0 Å². The Morgan fingerprint density at radius 1 is 1.17 bits per heavy atom. The van der Waals surface area contributed by atoms with Gasteiger partial charge in [0.05, 0.1) is 0 Å². The molecule has 1 saturated carbocycles. The van der Waals surface area contributed by atoms with Crippen molar-refractivity contribution in [3.8, 4) is 0 Å². The first kappa shape index (κ1) is 19.0. The molecule has 0 aliphatic heterocycles. The molecule has 0 saturated heterocycles. The summed E-state index contributed by atoms with van der Waals surface area (Å²) in [5.74, 6) is 0.870. The minimum atomic E-state index is -0.0784. The second-order valence-corrected chi connectivity index (χ2v) is 7.51. The zero-order valence-electron chi connectivity index (χ0n) is 15.0. The number of aryl methyl sites for hydroxylation is 1. The number of carbonyl (C=O) groups excluding carboxylic acids is 1. The number of thioether (sulfide) groups is 1. The average Bonchev–Trinajstić information content (AvgIpc) is 2.61. The van der Waals surface area contributed by atoms with Gasteiger partial charge in [0.25, 0.3) is 5.91 Å². The van der Waals surface area contributed by atoms with Crippen molar-refractivity contribution in [1.29, 1.82) is 0 Å². The summed E-state index contributed by atoms with van der Waals surface area (Å²) < 4.78 is 0. The lowest BCUT2D eigenvalue weighted by atomic mass is 9.86. The topological polar surface area (TPSA) is 41.5 Å². The first-order valence-corrected chi connectivity index (χ1v) is 10.4. The van der Waals surface area contributed by atoms with Gasteiger partial charge in [-0.3, -0.25) is 9.79 Å². The maximum atomic E-state index is 12.2. The van der Waals surface area contributed by atoms with E-state index in [-0.39, 0.29) is 5.91 Å². The summed E-state index contributed by atoms with van der Waals surface area (Å²) in [6.45, 7) is 2.82. The number of carbonyl (C=O) groups is 1. The highest BCUT2D eigenvalue weighted by Gasteiger charge is 2.12. The normalized spacial score (nSPS) is 16.2. The first-order chi connectivity index (χ1) is 11.7. The predicted molar refractivity (Wildman–Crippen MR) is 105 cm³/mol. The van der Waals surface area contributed by atoms with Crippen LogP contribution in [0.4, 0.5) is 0 Å². The summed E-state index contributed by atoms with van der Waals surface area (Å²) >= 11 is 1.50. The molecule has 2 rings (SSSR count). The van der Waals surface area contributed by atoms with E-state index in [2.05, 4.69) is 10.3 Å². The number of nitrogens with zero attached hydrogens (tertiary/aromatic N) is 1. The van der Waals surface area contributed by atoms with Crippen molar-refractivity contribution >= 4 is 22.8 Å². The number of amidine groups is 1. The molecule has 0 radical (unpaired) electrons. The third-order valence-corrected chi connectivity index (χ3v) is 5.35. The molecule has 4 heteroatoms. The Balaban J connectivity index is 1.70. The van der Waals surface area contributed by atoms with Gasteiger partial charge < -0.3 is 5.32 Å². The van der Waals surface area contributed by atoms with Crippen molar-refractivity contribution < 1.29 is 4.79 Å². The van der Waals surface area contributed by atoms with E-state index < -0.39 is 0 Å². The van der Waals surface area contributed by atoms with Crippen molar-refractivity contribution in [3.05, 3.63) is 35.4 Å². The molecule has 0 spiro atoms. The van der Waals surface area contributed by atoms with Crippen LogP contribution in [0, 0.1) is 12.8 Å². The summed E-state index contributed by atoms with van der Waals surface area (Å²) in [7, 11) is 0. The summed E-state index contributed by atoms with van der Waals surface area (Å²) in [6, 6.07) is 7.62. The van der Waals surface area contributed by atoms with Crippen LogP contribution in [0.2, 0.25) is 0 Å². The molecule has 132 valence electrons. The Bertz CT molecular complexity index is 533. The summed E-state index contributed by atoms with van der Waals surface area (Å²) in [5.41, 5.74) is 1.84. The van der Waals surface area contributed by atoms with Crippen LogP contribution in [-0.2, 0) is 0 Å². The largest absolute Gasteiger partial charge is 0.301 e. The van der Waals surface area contributed by atoms with E-state index >= 15 is 0 Å². The van der Waals surface area contributed by atoms with Gasteiger partial charge in [-0.1, -0.05) is 74.4 Å². The zero-order chi connectivity index (χ0) is 17.2. The van der Waals surface area contributed by atoms with Gasteiger partial charge in [0.15, 0.2) is 5.17 Å². The monoisotopic (exact) mass is 346 g/mol. The number of amides is 1. The van der Waals surface area contributed by atoms with Crippen LogP contribution in [0.15, 0.2) is 29.3 Å². The number of hydrogen-bond donors (Lipinski definition) is 1. The molecule has 0 heterocycles. The molecule has 1 N–H and O–H groups in total. The van der Waals surface area contributed by atoms with Crippen LogP contribution in [0.25, 0.3) is 0 Å². The van der Waals surface area contributed by atoms with E-state index in [0.29, 0.717) is 5.56 Å². The Morgan fingerprint density at radius 3 is 2.54 bits per heavy atom. The summed E-state index contributed by atoms with van der Waals surface area (Å²) in [5, 5.41) is 3.64. The fourth-order valence-electron chi connectivity index (χ4n) is 3.23. The lowest BCUT2D eigenvalue weighted by molar-refractivity contribution is 0.0978. The Morgan fingerprint density at radius 2 is 1.88 bits per heavy atom. The van der Waals surface area contributed by atoms with E-state index in [1.54, 1.807) is 0 Å². The Labute approximate surface area is 150 Å². The average molecular weight is 347 g/mol. The van der Waals surface area contributed by atoms with E-state index in [9.17, 15) is 4.79 Å². The highest BCUT2D eigenvalue weighted by atomic mass is 32.2. The second-order valence-electron chi connectivity index (χ2n) is 6.71. The van der Waals surface area contributed by atoms with Crippen LogP contribution >= 0.6 is 11.8 Å². The van der Waals surface area contributed by atoms with E-state index in [4.69, 9.17) is 0 Å². The molecule has 0 unspecified atom stereocenters. The minimum absolute atomic E-state index is 0.0784. The van der Waals surface area contributed by atoms with Gasteiger partial charge in [-0.25, -0.2) is 0 Å². The molecule has 1 aliphatic carbocycles. The second kappa shape index (κ2) is 10.5. The van der Waals surface area contributed by atoms with Crippen LogP contribution in [0.5, 0.6) is 0 Å². The van der Waals surface area contributed by atoms with Crippen LogP contribution in [0.1, 0.15) is 67.3 Å². The third-order valence-electron chi connectivity index (χ3n) is 4.73. The number of rotatable bonds is 6. The van der Waals surface area contributed by atoms with Gasteiger partial charge in [0.2, 0.25) is 0 Å². The zero-order valence-corrected chi connectivity index (χ0v) is 15.8. The quantitative estimate of drug-likeness (QED) is 0.437. The molecule has 1 amide bonds. The number of unbranched alkanes of at least 4 members (excludes halogenated alkanes) is 1. The van der Waals surface area contributed by atoms with Gasteiger partial charge in [-0.2, -0.15) is 0 Å². The fraction of sp³-hybridized carbons (Fsp3) is 0.600. The summed E-state index contributed by atoms with van der Waals surface area (Å²) in [4.78, 5) is 16.8. The lowest BCUT2D eigenvalue weighted by Crippen LogP contribution is -2.28. The number of aliphatic imine (C=N–C) groups is 1. The molecule has 3 nitrogen and oxygen atoms in total. The number of benzene rings is 1. The van der Waals surface area contributed by atoms with E-state index in [0.717, 1.165) is 29.6 Å². The van der Waals surface area contributed by atoms with Crippen molar-refractivity contribution in [2.75, 3.05) is 12.8 Å². The van der Waals surface area contributed by atoms with Gasteiger partial charge in [0, 0.05) is 12.1 Å². The highest BCUT2D eigenvalue weighted by Crippen LogP contribution is 2.27. The Hall–Kier alpha value is -1.29. The van der Waals surface area contributed by atoms with Gasteiger partial charge in [-0.05, 0) is 37.7 Å². The molecular formula is C20H30N2OS. The van der Waals surface area contributed by atoms with Crippen molar-refractivity contribution in [2.45, 2.75) is 58.3 Å². The maximum absolute atomic E-state index is 12.2. The highest BCUT2D eigenvalue weighted by molar-refractivity contribution is 8.13. The molecule has 0 aromatic heterocycles. The minimum Gasteiger partial charge on any atom is -0.301 e. The van der Waals surface area contributed by atoms with E-state index in [1.807, 2.05) is 37.4 Å². The van der Waals surface area contributed by atoms with Crippen molar-refractivity contribution in [3.63, 3.8) is 0 Å². The predicted octanol–water partition coefficient (Wildman–Crippen LogP) is 5.19. The first-order valence-electron chi connectivity index (χ1n) is 9.15. The molecule has 0 atom stereocenters. The fourth-order valence-corrected chi connectivity index (χ4v) is 3.65. The standard InChI is InChI=1S/C20H30N2OS/c1-16-11-13-18(14-12-16)19(23)22-20(24-2)21-15-7-6-10-17-8-4-3-5-9-17/h11-14,17H,3-10,15H2,1-2H3,(H,21,22,23). The molecule has 1 aliphatic rings. The maximum Gasteiger partial charge on any atom is 0.257 e. The van der Waals surface area contributed by atoms with Gasteiger partial charge in [-0.15, -0.1) is 0 Å². The van der Waals surface area contributed by atoms with Gasteiger partial charge in [0.1, 0.15) is 0 Å². The smallest absolute Gasteiger partial charge is 0.257 e. The van der Waals surface area contributed by atoms with Crippen molar-refractivity contribution in [1.82, 2.24) is 5.32 Å². The molecule has 1 aromatic carbocycles. The SMILES string of the molecule is CSC(=NCCCCC1CCCCC1)NC(=O)c1ccc(C)cc1. The van der Waals surface area contributed by atoms with E-state index in [1.165, 1.54) is 56.7 Å². The lowest BCUT2D eigenvalue weighted by Gasteiger charge is -2.21. The van der Waals surface area contributed by atoms with Gasteiger partial charge >= 0.3 is 0 Å². The van der Waals surface area contributed by atoms with Crippen molar-refractivity contribution in [2.24, 2.45) is 10.9 Å². The number of nitrogens with one attached hydrogen (secondary N) is 1. The number of hydrogen-bond acceptors (Lipinski definition) is 3. The third kappa shape index (κ3) is 6.68.